The van der Waals surface area contributed by atoms with Crippen molar-refractivity contribution < 1.29 is 18.3 Å². The van der Waals surface area contributed by atoms with E-state index in [4.69, 9.17) is 9.47 Å². The molecular formula is C29H39F2N3O2. The van der Waals surface area contributed by atoms with Crippen LogP contribution in [0.25, 0.3) is 22.2 Å². The highest BCUT2D eigenvalue weighted by Crippen LogP contribution is 2.32. The molecule has 0 saturated heterocycles. The Morgan fingerprint density at radius 3 is 1.97 bits per heavy atom. The summed E-state index contributed by atoms with van der Waals surface area (Å²) in [6.45, 7) is 5.40. The zero-order valence-corrected chi connectivity index (χ0v) is 21.7. The van der Waals surface area contributed by atoms with Gasteiger partial charge in [-0.15, -0.1) is 0 Å². The lowest BCUT2D eigenvalue weighted by Crippen LogP contribution is -2.03. The van der Waals surface area contributed by atoms with E-state index >= 15 is 0 Å². The number of ether oxygens (including phenoxy) is 2. The number of hydrogen-bond donors (Lipinski definition) is 0. The summed E-state index contributed by atoms with van der Waals surface area (Å²) in [5.74, 6) is -0.666. The molecule has 0 aliphatic heterocycles. The Labute approximate surface area is 213 Å². The highest BCUT2D eigenvalue weighted by molar-refractivity contribution is 5.96. The van der Waals surface area contributed by atoms with Crippen molar-refractivity contribution in [1.82, 2.24) is 15.0 Å². The maximum atomic E-state index is 14.8. The molecule has 0 spiro atoms. The fourth-order valence-electron chi connectivity index (χ4n) is 4.20. The minimum atomic E-state index is -0.903. The van der Waals surface area contributed by atoms with E-state index in [0.717, 1.165) is 32.1 Å². The van der Waals surface area contributed by atoms with Gasteiger partial charge in [0.25, 0.3) is 0 Å². The molecule has 7 heteroatoms. The van der Waals surface area contributed by atoms with Gasteiger partial charge in [0.1, 0.15) is 5.82 Å². The largest absolute Gasteiger partial charge is 0.478 e. The number of hydrogen-bond acceptors (Lipinski definition) is 5. The Morgan fingerprint density at radius 2 is 1.31 bits per heavy atom. The number of benzene rings is 1. The molecule has 3 rings (SSSR count). The van der Waals surface area contributed by atoms with Crippen molar-refractivity contribution in [3.05, 3.63) is 42.2 Å². The summed E-state index contributed by atoms with van der Waals surface area (Å²) < 4.78 is 40.9. The summed E-state index contributed by atoms with van der Waals surface area (Å²) in [4.78, 5) is 12.7. The summed E-state index contributed by atoms with van der Waals surface area (Å²) in [5, 5.41) is 0.134. The van der Waals surface area contributed by atoms with E-state index in [1.165, 1.54) is 51.0 Å². The van der Waals surface area contributed by atoms with Crippen LogP contribution in [-0.2, 0) is 0 Å². The van der Waals surface area contributed by atoms with Gasteiger partial charge in [0.15, 0.2) is 5.82 Å². The maximum Gasteiger partial charge on any atom is 0.227 e. The van der Waals surface area contributed by atoms with Crippen LogP contribution in [0.2, 0.25) is 0 Å². The first kappa shape index (κ1) is 27.8. The van der Waals surface area contributed by atoms with Crippen molar-refractivity contribution in [2.24, 2.45) is 0 Å². The Hall–Kier alpha value is -2.83. The van der Waals surface area contributed by atoms with Crippen LogP contribution in [0.4, 0.5) is 8.78 Å². The molecule has 0 N–H and O–H groups in total. The highest BCUT2D eigenvalue weighted by Gasteiger charge is 2.17. The van der Waals surface area contributed by atoms with Crippen LogP contribution in [0.3, 0.4) is 0 Å². The average molecular weight is 500 g/mol. The first-order valence-corrected chi connectivity index (χ1v) is 13.5. The minimum absolute atomic E-state index is 0.135. The molecule has 2 heterocycles. The Balaban J connectivity index is 1.69. The van der Waals surface area contributed by atoms with Crippen molar-refractivity contribution in [2.45, 2.75) is 90.9 Å². The standard InChI is InChI=1S/C29H39F2N3O2/c1-3-5-7-9-11-13-19-35-25-17-18-32-29(34-25)22-15-16-24(30)27-23(22)21-26(33-28(27)31)36-20-14-12-10-8-6-4-2/h15-18,21H,3-14,19-20H2,1-2H3. The summed E-state index contributed by atoms with van der Waals surface area (Å²) in [5.41, 5.74) is 0.502. The molecule has 5 nitrogen and oxygen atoms in total. The van der Waals surface area contributed by atoms with Gasteiger partial charge >= 0.3 is 0 Å². The number of nitrogens with zero attached hydrogens (tertiary/aromatic N) is 3. The molecule has 0 fully saturated rings. The van der Waals surface area contributed by atoms with Crippen molar-refractivity contribution in [1.29, 1.82) is 0 Å². The summed E-state index contributed by atoms with van der Waals surface area (Å²) in [6, 6.07) is 6.04. The number of unbranched alkanes of at least 4 members (excludes halogenated alkanes) is 10. The number of fused-ring (bicyclic) bond motifs is 1. The molecule has 0 amide bonds. The van der Waals surface area contributed by atoms with E-state index in [9.17, 15) is 8.78 Å². The summed E-state index contributed by atoms with van der Waals surface area (Å²) in [7, 11) is 0. The van der Waals surface area contributed by atoms with Crippen LogP contribution < -0.4 is 9.47 Å². The van der Waals surface area contributed by atoms with E-state index in [2.05, 4.69) is 28.8 Å². The molecule has 36 heavy (non-hydrogen) atoms. The molecule has 0 saturated carbocycles. The summed E-state index contributed by atoms with van der Waals surface area (Å²) in [6.07, 6.45) is 15.3. The first-order chi connectivity index (χ1) is 17.6. The lowest BCUT2D eigenvalue weighted by molar-refractivity contribution is 0.290. The third-order valence-electron chi connectivity index (χ3n) is 6.24. The van der Waals surface area contributed by atoms with Gasteiger partial charge in [0.2, 0.25) is 17.7 Å². The van der Waals surface area contributed by atoms with Crippen LogP contribution >= 0.6 is 0 Å². The van der Waals surface area contributed by atoms with Crippen LogP contribution in [0.15, 0.2) is 30.5 Å². The molecular weight excluding hydrogens is 460 g/mol. The van der Waals surface area contributed by atoms with E-state index in [0.29, 0.717) is 35.9 Å². The van der Waals surface area contributed by atoms with Gasteiger partial charge in [-0.1, -0.05) is 78.1 Å². The Morgan fingerprint density at radius 1 is 0.694 bits per heavy atom. The van der Waals surface area contributed by atoms with Gasteiger partial charge in [-0.25, -0.2) is 9.37 Å². The summed E-state index contributed by atoms with van der Waals surface area (Å²) >= 11 is 0. The third kappa shape index (κ3) is 8.38. The number of halogens is 2. The monoisotopic (exact) mass is 499 g/mol. The Kier molecular flexibility index (Phi) is 11.8. The predicted molar refractivity (Wildman–Crippen MR) is 140 cm³/mol. The number of pyridine rings is 1. The van der Waals surface area contributed by atoms with Crippen LogP contribution in [0.1, 0.15) is 90.9 Å². The Bertz CT molecular complexity index is 1080. The topological polar surface area (TPSA) is 57.1 Å². The van der Waals surface area contributed by atoms with E-state index in [1.807, 2.05) is 0 Å². The quantitative estimate of drug-likeness (QED) is 0.138. The van der Waals surface area contributed by atoms with Crippen LogP contribution in [-0.4, -0.2) is 28.2 Å². The fourth-order valence-corrected chi connectivity index (χ4v) is 4.20. The zero-order valence-electron chi connectivity index (χ0n) is 21.7. The van der Waals surface area contributed by atoms with Crippen molar-refractivity contribution >= 4 is 10.8 Å². The van der Waals surface area contributed by atoms with Gasteiger partial charge < -0.3 is 9.47 Å². The lowest BCUT2D eigenvalue weighted by Gasteiger charge is -2.11. The normalized spacial score (nSPS) is 11.2. The SMILES string of the molecule is CCCCCCCCOc1ccnc(-c2ccc(F)c3c(F)nc(OCCCCCCCC)cc23)n1. The first-order valence-electron chi connectivity index (χ1n) is 13.5. The molecule has 0 atom stereocenters. The number of aromatic nitrogens is 3. The molecule has 0 unspecified atom stereocenters. The number of rotatable bonds is 17. The lowest BCUT2D eigenvalue weighted by atomic mass is 10.0. The van der Waals surface area contributed by atoms with Crippen molar-refractivity contribution in [3.63, 3.8) is 0 Å². The van der Waals surface area contributed by atoms with Gasteiger partial charge in [0, 0.05) is 29.3 Å². The fraction of sp³-hybridized carbons (Fsp3) is 0.552. The minimum Gasteiger partial charge on any atom is -0.478 e. The van der Waals surface area contributed by atoms with Gasteiger partial charge in [-0.2, -0.15) is 14.4 Å². The molecule has 1 aromatic carbocycles. The molecule has 3 aromatic rings. The van der Waals surface area contributed by atoms with Crippen LogP contribution in [0.5, 0.6) is 11.8 Å². The van der Waals surface area contributed by atoms with Crippen molar-refractivity contribution in [2.75, 3.05) is 13.2 Å². The molecule has 0 aliphatic rings. The zero-order chi connectivity index (χ0) is 25.6. The van der Waals surface area contributed by atoms with Gasteiger partial charge in [-0.3, -0.25) is 0 Å². The van der Waals surface area contributed by atoms with E-state index < -0.39 is 11.8 Å². The van der Waals surface area contributed by atoms with Crippen molar-refractivity contribution in [3.8, 4) is 23.1 Å². The molecule has 196 valence electrons. The molecule has 0 radical (unpaired) electrons. The molecule has 0 aliphatic carbocycles. The average Bonchev–Trinajstić information content (AvgIpc) is 2.88. The van der Waals surface area contributed by atoms with Gasteiger partial charge in [-0.05, 0) is 25.0 Å². The molecule has 2 aromatic heterocycles. The van der Waals surface area contributed by atoms with Gasteiger partial charge in [0.05, 0.1) is 18.6 Å². The maximum absolute atomic E-state index is 14.8. The second-order valence-electron chi connectivity index (χ2n) is 9.22. The second-order valence-corrected chi connectivity index (χ2v) is 9.22. The highest BCUT2D eigenvalue weighted by atomic mass is 19.1. The second kappa shape index (κ2) is 15.3. The van der Waals surface area contributed by atoms with E-state index in [1.54, 1.807) is 24.4 Å². The smallest absolute Gasteiger partial charge is 0.227 e. The van der Waals surface area contributed by atoms with E-state index in [-0.39, 0.29) is 11.3 Å². The predicted octanol–water partition coefficient (Wildman–Crippen LogP) is 8.45. The third-order valence-corrected chi connectivity index (χ3v) is 6.24. The molecule has 0 bridgehead atoms. The van der Waals surface area contributed by atoms with Crippen LogP contribution in [0, 0.1) is 11.8 Å².